The molecule has 4 amide bonds. The summed E-state index contributed by atoms with van der Waals surface area (Å²) in [6.07, 6.45) is 6.04. The van der Waals surface area contributed by atoms with E-state index in [9.17, 15) is 19.2 Å². The van der Waals surface area contributed by atoms with Crippen LogP contribution >= 0.6 is 0 Å². The van der Waals surface area contributed by atoms with Crippen molar-refractivity contribution in [2.45, 2.75) is 44.6 Å². The Bertz CT molecular complexity index is 1250. The van der Waals surface area contributed by atoms with Gasteiger partial charge in [-0.25, -0.2) is 4.90 Å². The number of anilines is 1. The van der Waals surface area contributed by atoms with Gasteiger partial charge in [0.15, 0.2) is 0 Å². The van der Waals surface area contributed by atoms with E-state index in [0.717, 1.165) is 22.4 Å². The number of carbonyl (C=O) groups is 4. The molecule has 2 heterocycles. The van der Waals surface area contributed by atoms with Gasteiger partial charge in [-0.1, -0.05) is 51.1 Å². The Morgan fingerprint density at radius 3 is 1.91 bits per heavy atom. The molecule has 0 saturated heterocycles. The van der Waals surface area contributed by atoms with Gasteiger partial charge in [0.2, 0.25) is 0 Å². The Kier molecular flexibility index (Phi) is 4.53. The Morgan fingerprint density at radius 2 is 1.30 bits per heavy atom. The molecule has 1 aliphatic carbocycles. The van der Waals surface area contributed by atoms with Gasteiger partial charge in [-0.15, -0.1) is 0 Å². The second-order valence-electron chi connectivity index (χ2n) is 9.76. The molecule has 0 spiro atoms. The lowest BCUT2D eigenvalue weighted by molar-refractivity contribution is -0.137. The number of hydrogen-bond acceptors (Lipinski definition) is 4. The molecule has 6 heteroatoms. The van der Waals surface area contributed by atoms with E-state index in [2.05, 4.69) is 32.9 Å². The van der Waals surface area contributed by atoms with Crippen LogP contribution in [-0.4, -0.2) is 28.5 Å². The van der Waals surface area contributed by atoms with E-state index in [4.69, 9.17) is 0 Å². The number of nitrogens with zero attached hydrogens (tertiary/aromatic N) is 2. The van der Waals surface area contributed by atoms with Crippen LogP contribution in [-0.2, 0) is 36.6 Å². The molecule has 0 fully saturated rings. The maximum absolute atomic E-state index is 12.0. The average molecular weight is 440 g/mol. The molecule has 6 nitrogen and oxygen atoms in total. The normalized spacial score (nSPS) is 23.2. The number of hydrogen-bond donors (Lipinski definition) is 0. The molecule has 0 N–H and O–H groups in total. The number of amides is 4. The average Bonchev–Trinajstić information content (AvgIpc) is 3.35. The highest BCUT2D eigenvalue weighted by molar-refractivity contribution is 6.28. The lowest BCUT2D eigenvalue weighted by Crippen LogP contribution is -2.30. The van der Waals surface area contributed by atoms with Crippen LogP contribution in [0.1, 0.15) is 49.4 Å². The fraction of sp³-hybridized carbons (Fsp3) is 0.259. The van der Waals surface area contributed by atoms with Gasteiger partial charge in [0.1, 0.15) is 0 Å². The summed E-state index contributed by atoms with van der Waals surface area (Å²) in [5.41, 5.74) is 4.57. The fourth-order valence-corrected chi connectivity index (χ4v) is 5.47. The SMILES string of the molecule is CC1(C)CC(C)(c2ccc(N3C(=O)C=CC3=O)cc2)c2cc(CN3C(=O)C=CC3=O)ccc21. The summed E-state index contributed by atoms with van der Waals surface area (Å²) in [5, 5.41) is 0. The van der Waals surface area contributed by atoms with Crippen molar-refractivity contribution in [2.75, 3.05) is 4.90 Å². The molecule has 5 rings (SSSR count). The van der Waals surface area contributed by atoms with Gasteiger partial charge in [-0.3, -0.25) is 24.1 Å². The summed E-state index contributed by atoms with van der Waals surface area (Å²) in [4.78, 5) is 50.5. The molecule has 33 heavy (non-hydrogen) atoms. The Balaban J connectivity index is 1.50. The molecule has 3 aliphatic rings. The summed E-state index contributed by atoms with van der Waals surface area (Å²) in [5.74, 6) is -1.26. The summed E-state index contributed by atoms with van der Waals surface area (Å²) in [6.45, 7) is 6.87. The van der Waals surface area contributed by atoms with Crippen molar-refractivity contribution in [3.8, 4) is 0 Å². The predicted molar refractivity (Wildman–Crippen MR) is 123 cm³/mol. The minimum absolute atomic E-state index is 0.0626. The van der Waals surface area contributed by atoms with Crippen LogP contribution < -0.4 is 4.90 Å². The third kappa shape index (κ3) is 3.25. The Labute approximate surface area is 192 Å². The van der Waals surface area contributed by atoms with Gasteiger partial charge in [0, 0.05) is 29.7 Å². The van der Waals surface area contributed by atoms with E-state index in [-0.39, 0.29) is 41.0 Å². The van der Waals surface area contributed by atoms with Crippen LogP contribution in [0, 0.1) is 0 Å². The second kappa shape index (κ2) is 7.10. The van der Waals surface area contributed by atoms with Crippen molar-refractivity contribution in [3.63, 3.8) is 0 Å². The number of benzene rings is 2. The van der Waals surface area contributed by atoms with Crippen molar-refractivity contribution in [2.24, 2.45) is 0 Å². The highest BCUT2D eigenvalue weighted by Gasteiger charge is 2.46. The third-order valence-electron chi connectivity index (χ3n) is 7.02. The minimum Gasteiger partial charge on any atom is -0.271 e. The third-order valence-corrected chi connectivity index (χ3v) is 7.02. The van der Waals surface area contributed by atoms with Gasteiger partial charge >= 0.3 is 0 Å². The Morgan fingerprint density at radius 1 is 0.727 bits per heavy atom. The van der Waals surface area contributed by atoms with Gasteiger partial charge in [-0.2, -0.15) is 0 Å². The van der Waals surface area contributed by atoms with E-state index in [0.29, 0.717) is 5.69 Å². The van der Waals surface area contributed by atoms with Crippen LogP contribution in [0.4, 0.5) is 5.69 Å². The zero-order valence-electron chi connectivity index (χ0n) is 18.8. The van der Waals surface area contributed by atoms with E-state index in [1.165, 1.54) is 40.3 Å². The molecular formula is C27H24N2O4. The lowest BCUT2D eigenvalue weighted by atomic mass is 9.75. The van der Waals surface area contributed by atoms with E-state index < -0.39 is 0 Å². The molecule has 2 aromatic rings. The van der Waals surface area contributed by atoms with Crippen LogP contribution in [0.15, 0.2) is 66.8 Å². The van der Waals surface area contributed by atoms with Crippen molar-refractivity contribution < 1.29 is 19.2 Å². The fourth-order valence-electron chi connectivity index (χ4n) is 5.47. The van der Waals surface area contributed by atoms with Gasteiger partial charge in [0.05, 0.1) is 12.2 Å². The second-order valence-corrected chi connectivity index (χ2v) is 9.76. The molecule has 0 radical (unpaired) electrons. The van der Waals surface area contributed by atoms with E-state index >= 15 is 0 Å². The first-order valence-electron chi connectivity index (χ1n) is 10.9. The lowest BCUT2D eigenvalue weighted by Gasteiger charge is -2.29. The molecule has 2 aliphatic heterocycles. The van der Waals surface area contributed by atoms with Crippen LogP contribution in [0.2, 0.25) is 0 Å². The summed E-state index contributed by atoms with van der Waals surface area (Å²) in [6, 6.07) is 13.8. The molecule has 0 bridgehead atoms. The van der Waals surface area contributed by atoms with Gasteiger partial charge in [0.25, 0.3) is 23.6 Å². The molecular weight excluding hydrogens is 416 g/mol. The molecule has 1 unspecified atom stereocenters. The number of fused-ring (bicyclic) bond motifs is 1. The summed E-state index contributed by atoms with van der Waals surface area (Å²) < 4.78 is 0. The number of rotatable bonds is 4. The molecule has 0 saturated carbocycles. The first-order chi connectivity index (χ1) is 15.6. The van der Waals surface area contributed by atoms with Crippen molar-refractivity contribution in [1.29, 1.82) is 0 Å². The quantitative estimate of drug-likeness (QED) is 0.682. The highest BCUT2D eigenvalue weighted by Crippen LogP contribution is 2.53. The Hall–Kier alpha value is -3.80. The standard InChI is InChI=1S/C27H24N2O4/c1-26(2)16-27(3,18-5-7-19(8-6-18)29-24(32)12-13-25(29)33)21-14-17(4-9-20(21)26)15-28-22(30)10-11-23(28)31/h4-14H,15-16H2,1-3H3. The highest BCUT2D eigenvalue weighted by atomic mass is 16.2. The van der Waals surface area contributed by atoms with E-state index in [1.807, 2.05) is 30.3 Å². The molecule has 0 aromatic heterocycles. The number of carbonyl (C=O) groups excluding carboxylic acids is 4. The molecule has 166 valence electrons. The zero-order chi connectivity index (χ0) is 23.5. The van der Waals surface area contributed by atoms with E-state index in [1.54, 1.807) is 0 Å². The zero-order valence-corrected chi connectivity index (χ0v) is 18.8. The monoisotopic (exact) mass is 440 g/mol. The first kappa shape index (κ1) is 21.1. The molecule has 1 atom stereocenters. The first-order valence-corrected chi connectivity index (χ1v) is 10.9. The van der Waals surface area contributed by atoms with Crippen molar-refractivity contribution in [3.05, 3.63) is 89.0 Å². The van der Waals surface area contributed by atoms with Crippen LogP contribution in [0.5, 0.6) is 0 Å². The van der Waals surface area contributed by atoms with Crippen molar-refractivity contribution in [1.82, 2.24) is 4.90 Å². The summed E-state index contributed by atoms with van der Waals surface area (Å²) >= 11 is 0. The van der Waals surface area contributed by atoms with Gasteiger partial charge < -0.3 is 0 Å². The minimum atomic E-state index is -0.337. The van der Waals surface area contributed by atoms with Crippen molar-refractivity contribution >= 4 is 29.3 Å². The maximum atomic E-state index is 12.0. The van der Waals surface area contributed by atoms with Crippen LogP contribution in [0.3, 0.4) is 0 Å². The topological polar surface area (TPSA) is 74.8 Å². The van der Waals surface area contributed by atoms with Crippen LogP contribution in [0.25, 0.3) is 0 Å². The largest absolute Gasteiger partial charge is 0.271 e. The smallest absolute Gasteiger partial charge is 0.258 e. The van der Waals surface area contributed by atoms with Gasteiger partial charge in [-0.05, 0) is 46.2 Å². The maximum Gasteiger partial charge on any atom is 0.258 e. The predicted octanol–water partition coefficient (Wildman–Crippen LogP) is 3.53. The number of imide groups is 2. The summed E-state index contributed by atoms with van der Waals surface area (Å²) in [7, 11) is 0. The molecule has 2 aromatic carbocycles.